The van der Waals surface area contributed by atoms with Gasteiger partial charge in [-0.1, -0.05) is 19.8 Å². The zero-order valence-electron chi connectivity index (χ0n) is 10.7. The van der Waals surface area contributed by atoms with Crippen LogP contribution < -0.4 is 11.1 Å². The fraction of sp³-hybridized carbons (Fsp3) is 0.769. The number of nitrogens with one attached hydrogen (secondary N) is 1. The van der Waals surface area contributed by atoms with Crippen LogP contribution in [0.1, 0.15) is 49.7 Å². The summed E-state index contributed by atoms with van der Waals surface area (Å²) in [5, 5.41) is 6.72. The van der Waals surface area contributed by atoms with Gasteiger partial charge in [0, 0.05) is 25.0 Å². The second kappa shape index (κ2) is 5.94. The van der Waals surface area contributed by atoms with E-state index in [9.17, 15) is 0 Å². The zero-order chi connectivity index (χ0) is 12.1. The van der Waals surface area contributed by atoms with Gasteiger partial charge in [0.2, 0.25) is 0 Å². The number of hydrogen-bond donors (Lipinski definition) is 2. The molecule has 1 aromatic rings. The Hall–Kier alpha value is -0.450. The first-order valence-electron chi connectivity index (χ1n) is 6.62. The van der Waals surface area contributed by atoms with E-state index in [1.165, 1.54) is 32.1 Å². The van der Waals surface area contributed by atoms with Crippen molar-refractivity contribution in [1.82, 2.24) is 10.3 Å². The third kappa shape index (κ3) is 3.27. The number of nitrogens with zero attached hydrogens (tertiary/aromatic N) is 1. The minimum Gasteiger partial charge on any atom is -0.325 e. The predicted molar refractivity (Wildman–Crippen MR) is 72.9 cm³/mol. The lowest BCUT2D eigenvalue weighted by atomic mass is 9.83. The molecule has 3 N–H and O–H groups in total. The maximum atomic E-state index is 5.56. The third-order valence-electron chi connectivity index (χ3n) is 3.99. The molecule has 3 nitrogen and oxygen atoms in total. The normalized spacial score (nSPS) is 18.7. The van der Waals surface area contributed by atoms with E-state index in [4.69, 9.17) is 5.73 Å². The van der Waals surface area contributed by atoms with E-state index in [1.807, 2.05) is 0 Å². The Balaban J connectivity index is 1.78. The number of aromatic nitrogens is 1. The van der Waals surface area contributed by atoms with Gasteiger partial charge in [-0.15, -0.1) is 11.3 Å². The van der Waals surface area contributed by atoms with Gasteiger partial charge in [-0.05, 0) is 24.7 Å². The maximum absolute atomic E-state index is 5.56. The number of thiazole rings is 1. The molecule has 0 atom stereocenters. The maximum Gasteiger partial charge on any atom is 0.106 e. The fourth-order valence-corrected chi connectivity index (χ4v) is 3.43. The highest BCUT2D eigenvalue weighted by Gasteiger charge is 2.31. The Morgan fingerprint density at radius 2 is 2.24 bits per heavy atom. The summed E-state index contributed by atoms with van der Waals surface area (Å²) in [4.78, 5) is 4.47. The molecule has 1 aliphatic carbocycles. The molecule has 0 unspecified atom stereocenters. The Morgan fingerprint density at radius 3 is 2.82 bits per heavy atom. The molecule has 0 saturated heterocycles. The molecule has 0 aliphatic heterocycles. The Kier molecular flexibility index (Phi) is 4.54. The van der Waals surface area contributed by atoms with Crippen molar-refractivity contribution in [3.05, 3.63) is 16.1 Å². The quantitative estimate of drug-likeness (QED) is 0.819. The molecule has 0 radical (unpaired) electrons. The molecular formula is C13H23N3S. The summed E-state index contributed by atoms with van der Waals surface area (Å²) in [6, 6.07) is 0. The fourth-order valence-electron chi connectivity index (χ4n) is 2.76. The Labute approximate surface area is 108 Å². The summed E-state index contributed by atoms with van der Waals surface area (Å²) in [5.74, 6) is 0. The molecule has 4 heteroatoms. The van der Waals surface area contributed by atoms with Crippen molar-refractivity contribution in [3.8, 4) is 0 Å². The van der Waals surface area contributed by atoms with Gasteiger partial charge in [0.1, 0.15) is 5.01 Å². The zero-order valence-corrected chi connectivity index (χ0v) is 11.5. The van der Waals surface area contributed by atoms with E-state index in [0.717, 1.165) is 23.8 Å². The summed E-state index contributed by atoms with van der Waals surface area (Å²) < 4.78 is 0. The summed E-state index contributed by atoms with van der Waals surface area (Å²) in [6.07, 6.45) is 6.89. The summed E-state index contributed by atoms with van der Waals surface area (Å²) >= 11 is 1.66. The van der Waals surface area contributed by atoms with Crippen molar-refractivity contribution in [1.29, 1.82) is 0 Å². The largest absolute Gasteiger partial charge is 0.325 e. The van der Waals surface area contributed by atoms with Crippen LogP contribution in [-0.4, -0.2) is 11.5 Å². The standard InChI is InChI=1S/C13H23N3S/c1-2-13(5-3-4-6-13)10-15-8-11-9-17-12(7-14)16-11/h9,15H,2-8,10,14H2,1H3. The van der Waals surface area contributed by atoms with E-state index in [2.05, 4.69) is 22.6 Å². The Morgan fingerprint density at radius 1 is 1.47 bits per heavy atom. The SMILES string of the molecule is CCC1(CNCc2csc(CN)n2)CCCC1. The molecule has 17 heavy (non-hydrogen) atoms. The molecule has 0 aromatic carbocycles. The van der Waals surface area contributed by atoms with Gasteiger partial charge in [0.05, 0.1) is 5.69 Å². The van der Waals surface area contributed by atoms with Crippen LogP contribution in [0, 0.1) is 5.41 Å². The lowest BCUT2D eigenvalue weighted by Gasteiger charge is -2.27. The highest BCUT2D eigenvalue weighted by atomic mass is 32.1. The van der Waals surface area contributed by atoms with Gasteiger partial charge in [-0.2, -0.15) is 0 Å². The monoisotopic (exact) mass is 253 g/mol. The van der Waals surface area contributed by atoms with Crippen LogP contribution in [0.4, 0.5) is 0 Å². The molecule has 0 bridgehead atoms. The summed E-state index contributed by atoms with van der Waals surface area (Å²) in [6.45, 7) is 4.91. The molecule has 1 aromatic heterocycles. The Bertz CT molecular complexity index is 342. The molecule has 1 fully saturated rings. The number of nitrogens with two attached hydrogens (primary N) is 1. The van der Waals surface area contributed by atoms with E-state index in [0.29, 0.717) is 12.0 Å². The smallest absolute Gasteiger partial charge is 0.106 e. The van der Waals surface area contributed by atoms with Crippen LogP contribution in [0.25, 0.3) is 0 Å². The highest BCUT2D eigenvalue weighted by Crippen LogP contribution is 2.40. The van der Waals surface area contributed by atoms with E-state index < -0.39 is 0 Å². The van der Waals surface area contributed by atoms with Crippen molar-refractivity contribution >= 4 is 11.3 Å². The lowest BCUT2D eigenvalue weighted by molar-refractivity contribution is 0.268. The van der Waals surface area contributed by atoms with Gasteiger partial charge in [0.25, 0.3) is 0 Å². The topological polar surface area (TPSA) is 50.9 Å². The number of rotatable bonds is 6. The molecular weight excluding hydrogens is 230 g/mol. The lowest BCUT2D eigenvalue weighted by Crippen LogP contribution is -2.31. The summed E-state index contributed by atoms with van der Waals surface area (Å²) in [5.41, 5.74) is 7.26. The van der Waals surface area contributed by atoms with Gasteiger partial charge >= 0.3 is 0 Å². The van der Waals surface area contributed by atoms with Gasteiger partial charge in [-0.3, -0.25) is 0 Å². The van der Waals surface area contributed by atoms with Crippen LogP contribution in [0.2, 0.25) is 0 Å². The van der Waals surface area contributed by atoms with Crippen molar-refractivity contribution in [2.24, 2.45) is 11.1 Å². The third-order valence-corrected chi connectivity index (χ3v) is 4.91. The second-order valence-electron chi connectivity index (χ2n) is 5.10. The molecule has 1 heterocycles. The second-order valence-corrected chi connectivity index (χ2v) is 6.04. The molecule has 2 rings (SSSR count). The highest BCUT2D eigenvalue weighted by molar-refractivity contribution is 7.09. The van der Waals surface area contributed by atoms with Gasteiger partial charge in [-0.25, -0.2) is 4.98 Å². The number of hydrogen-bond acceptors (Lipinski definition) is 4. The predicted octanol–water partition coefficient (Wildman–Crippen LogP) is 2.66. The summed E-state index contributed by atoms with van der Waals surface area (Å²) in [7, 11) is 0. The first kappa shape index (κ1) is 13.0. The molecule has 1 saturated carbocycles. The van der Waals surface area contributed by atoms with Crippen LogP contribution in [0.5, 0.6) is 0 Å². The first-order valence-corrected chi connectivity index (χ1v) is 7.50. The molecule has 1 aliphatic rings. The average Bonchev–Trinajstić information content (AvgIpc) is 2.98. The van der Waals surface area contributed by atoms with Crippen molar-refractivity contribution in [2.45, 2.75) is 52.1 Å². The van der Waals surface area contributed by atoms with Gasteiger partial charge in [0.15, 0.2) is 0 Å². The van der Waals surface area contributed by atoms with Crippen LogP contribution in [0.3, 0.4) is 0 Å². The van der Waals surface area contributed by atoms with Crippen LogP contribution >= 0.6 is 11.3 Å². The van der Waals surface area contributed by atoms with E-state index in [-0.39, 0.29) is 0 Å². The van der Waals surface area contributed by atoms with Crippen molar-refractivity contribution in [3.63, 3.8) is 0 Å². The minimum atomic E-state index is 0.559. The van der Waals surface area contributed by atoms with E-state index in [1.54, 1.807) is 11.3 Å². The van der Waals surface area contributed by atoms with Crippen LogP contribution in [-0.2, 0) is 13.1 Å². The molecule has 0 amide bonds. The molecule has 0 spiro atoms. The van der Waals surface area contributed by atoms with Crippen molar-refractivity contribution in [2.75, 3.05) is 6.54 Å². The van der Waals surface area contributed by atoms with Crippen LogP contribution in [0.15, 0.2) is 5.38 Å². The minimum absolute atomic E-state index is 0.559. The molecule has 96 valence electrons. The van der Waals surface area contributed by atoms with Gasteiger partial charge < -0.3 is 11.1 Å². The average molecular weight is 253 g/mol. The van der Waals surface area contributed by atoms with Crippen molar-refractivity contribution < 1.29 is 0 Å². The van der Waals surface area contributed by atoms with E-state index >= 15 is 0 Å². The first-order chi connectivity index (χ1) is 8.28.